The van der Waals surface area contributed by atoms with Crippen LogP contribution in [0.1, 0.15) is 40.5 Å². The SMILES string of the molecule is CN/C=C(\C(C)=N)C1CCCN1C(=O)OC(C)(C)C. The maximum Gasteiger partial charge on any atom is 0.410 e. The molecule has 19 heavy (non-hydrogen) atoms. The Balaban J connectivity index is 2.87. The average Bonchev–Trinajstić information content (AvgIpc) is 2.71. The van der Waals surface area contributed by atoms with Crippen LogP contribution in [0.4, 0.5) is 4.79 Å². The molecule has 1 atom stereocenters. The molecule has 108 valence electrons. The Morgan fingerprint density at radius 2 is 2.11 bits per heavy atom. The quantitative estimate of drug-likeness (QED) is 0.772. The van der Waals surface area contributed by atoms with E-state index in [-0.39, 0.29) is 12.1 Å². The van der Waals surface area contributed by atoms with E-state index in [1.807, 2.05) is 20.8 Å². The van der Waals surface area contributed by atoms with Gasteiger partial charge in [-0.1, -0.05) is 0 Å². The molecule has 5 nitrogen and oxygen atoms in total. The van der Waals surface area contributed by atoms with Crippen LogP contribution in [-0.4, -0.2) is 41.9 Å². The van der Waals surface area contributed by atoms with Crippen LogP contribution in [0, 0.1) is 5.41 Å². The molecule has 0 saturated carbocycles. The maximum absolute atomic E-state index is 12.2. The summed E-state index contributed by atoms with van der Waals surface area (Å²) in [6, 6.07) is -0.0557. The molecule has 0 bridgehead atoms. The van der Waals surface area contributed by atoms with E-state index in [9.17, 15) is 4.79 Å². The summed E-state index contributed by atoms with van der Waals surface area (Å²) < 4.78 is 5.43. The molecule has 1 rings (SSSR count). The van der Waals surface area contributed by atoms with E-state index in [4.69, 9.17) is 10.1 Å². The molecule has 1 fully saturated rings. The van der Waals surface area contributed by atoms with E-state index in [0.717, 1.165) is 18.4 Å². The summed E-state index contributed by atoms with van der Waals surface area (Å²) in [4.78, 5) is 13.9. The molecule has 0 aromatic heterocycles. The highest BCUT2D eigenvalue weighted by Gasteiger charge is 2.34. The van der Waals surface area contributed by atoms with E-state index < -0.39 is 5.60 Å². The smallest absolute Gasteiger partial charge is 0.410 e. The summed E-state index contributed by atoms with van der Waals surface area (Å²) in [6.45, 7) is 8.02. The molecule has 1 aliphatic rings. The van der Waals surface area contributed by atoms with Crippen LogP contribution in [0.2, 0.25) is 0 Å². The normalized spacial score (nSPS) is 20.4. The Bertz CT molecular complexity index is 383. The van der Waals surface area contributed by atoms with Gasteiger partial charge in [0.1, 0.15) is 5.60 Å². The third-order valence-electron chi connectivity index (χ3n) is 2.97. The molecule has 0 aromatic carbocycles. The van der Waals surface area contributed by atoms with Crippen molar-refractivity contribution in [2.75, 3.05) is 13.6 Å². The van der Waals surface area contributed by atoms with Crippen molar-refractivity contribution in [3.63, 3.8) is 0 Å². The van der Waals surface area contributed by atoms with Gasteiger partial charge in [-0.05, 0) is 40.5 Å². The van der Waals surface area contributed by atoms with E-state index in [1.165, 1.54) is 0 Å². The monoisotopic (exact) mass is 267 g/mol. The number of rotatable bonds is 3. The molecule has 2 N–H and O–H groups in total. The molecule has 1 saturated heterocycles. The fraction of sp³-hybridized carbons (Fsp3) is 0.714. The largest absolute Gasteiger partial charge is 0.444 e. The van der Waals surface area contributed by atoms with Crippen molar-refractivity contribution in [1.82, 2.24) is 10.2 Å². The first-order chi connectivity index (χ1) is 8.76. The van der Waals surface area contributed by atoms with Crippen molar-refractivity contribution in [3.05, 3.63) is 11.8 Å². The van der Waals surface area contributed by atoms with Gasteiger partial charge in [0.05, 0.1) is 6.04 Å². The highest BCUT2D eigenvalue weighted by Crippen LogP contribution is 2.26. The van der Waals surface area contributed by atoms with E-state index in [1.54, 1.807) is 25.1 Å². The molecule has 1 amide bonds. The summed E-state index contributed by atoms with van der Waals surface area (Å²) >= 11 is 0. The predicted octanol–water partition coefficient (Wildman–Crippen LogP) is 2.53. The maximum atomic E-state index is 12.2. The first-order valence-corrected chi connectivity index (χ1v) is 6.68. The van der Waals surface area contributed by atoms with Gasteiger partial charge in [0.25, 0.3) is 0 Å². The summed E-state index contributed by atoms with van der Waals surface area (Å²) in [5.41, 5.74) is 0.845. The lowest BCUT2D eigenvalue weighted by Crippen LogP contribution is -2.41. The summed E-state index contributed by atoms with van der Waals surface area (Å²) in [5.74, 6) is 0. The Morgan fingerprint density at radius 3 is 2.58 bits per heavy atom. The summed E-state index contributed by atoms with van der Waals surface area (Å²) in [7, 11) is 1.80. The highest BCUT2D eigenvalue weighted by atomic mass is 16.6. The highest BCUT2D eigenvalue weighted by molar-refractivity contribution is 5.97. The number of hydrogen-bond acceptors (Lipinski definition) is 4. The fourth-order valence-corrected chi connectivity index (χ4v) is 2.24. The van der Waals surface area contributed by atoms with Crippen molar-refractivity contribution in [3.8, 4) is 0 Å². The predicted molar refractivity (Wildman–Crippen MR) is 76.5 cm³/mol. The standard InChI is InChI=1S/C14H25N3O2/c1-10(15)11(9-16-5)12-7-6-8-17(12)13(18)19-14(2,3)4/h9,12,15-16H,6-8H2,1-5H3/b11-9+,15-10?. The van der Waals surface area contributed by atoms with Gasteiger partial charge in [-0.25, -0.2) is 4.79 Å². The minimum atomic E-state index is -0.489. The minimum Gasteiger partial charge on any atom is -0.444 e. The van der Waals surface area contributed by atoms with Crippen LogP contribution in [0.5, 0.6) is 0 Å². The Hall–Kier alpha value is -1.52. The van der Waals surface area contributed by atoms with Gasteiger partial charge in [0, 0.05) is 31.1 Å². The lowest BCUT2D eigenvalue weighted by atomic mass is 10.0. The second kappa shape index (κ2) is 6.08. The van der Waals surface area contributed by atoms with Crippen molar-refractivity contribution in [2.24, 2.45) is 0 Å². The van der Waals surface area contributed by atoms with Crippen LogP contribution in [-0.2, 0) is 4.74 Å². The zero-order valence-corrected chi connectivity index (χ0v) is 12.5. The number of carbonyl (C=O) groups excluding carboxylic acids is 1. The number of amides is 1. The minimum absolute atomic E-state index is 0.0557. The van der Waals surface area contributed by atoms with Gasteiger partial charge in [-0.2, -0.15) is 0 Å². The number of likely N-dealkylation sites (tertiary alicyclic amines) is 1. The van der Waals surface area contributed by atoms with Gasteiger partial charge < -0.3 is 20.4 Å². The van der Waals surface area contributed by atoms with Crippen LogP contribution in [0.15, 0.2) is 11.8 Å². The molecule has 1 heterocycles. The third-order valence-corrected chi connectivity index (χ3v) is 2.97. The van der Waals surface area contributed by atoms with Gasteiger partial charge >= 0.3 is 6.09 Å². The lowest BCUT2D eigenvalue weighted by molar-refractivity contribution is 0.0252. The molecule has 0 spiro atoms. The number of nitrogens with zero attached hydrogens (tertiary/aromatic N) is 1. The second-order valence-corrected chi connectivity index (χ2v) is 5.85. The zero-order valence-electron chi connectivity index (χ0n) is 12.5. The number of ether oxygens (including phenoxy) is 1. The van der Waals surface area contributed by atoms with Crippen LogP contribution in [0.3, 0.4) is 0 Å². The van der Waals surface area contributed by atoms with E-state index in [0.29, 0.717) is 12.3 Å². The molecule has 0 aliphatic carbocycles. The molecule has 1 aliphatic heterocycles. The second-order valence-electron chi connectivity index (χ2n) is 5.85. The molecule has 0 aromatic rings. The topological polar surface area (TPSA) is 65.4 Å². The first-order valence-electron chi connectivity index (χ1n) is 6.68. The first kappa shape index (κ1) is 15.5. The van der Waals surface area contributed by atoms with E-state index >= 15 is 0 Å². The molecular formula is C14H25N3O2. The van der Waals surface area contributed by atoms with Crippen molar-refractivity contribution >= 4 is 11.8 Å². The Morgan fingerprint density at radius 1 is 1.47 bits per heavy atom. The number of nitrogens with one attached hydrogen (secondary N) is 2. The Kier molecular flexibility index (Phi) is 4.97. The van der Waals surface area contributed by atoms with Crippen molar-refractivity contribution in [2.45, 2.75) is 52.2 Å². The number of carbonyl (C=O) groups is 1. The van der Waals surface area contributed by atoms with Crippen LogP contribution >= 0.6 is 0 Å². The van der Waals surface area contributed by atoms with E-state index in [2.05, 4.69) is 5.32 Å². The zero-order chi connectivity index (χ0) is 14.6. The van der Waals surface area contributed by atoms with Gasteiger partial charge in [-0.3, -0.25) is 0 Å². The molecule has 5 heteroatoms. The van der Waals surface area contributed by atoms with Crippen LogP contribution < -0.4 is 5.32 Å². The fourth-order valence-electron chi connectivity index (χ4n) is 2.24. The van der Waals surface area contributed by atoms with Crippen LogP contribution in [0.25, 0.3) is 0 Å². The molecule has 1 unspecified atom stereocenters. The number of hydrogen-bond donors (Lipinski definition) is 2. The molecular weight excluding hydrogens is 242 g/mol. The summed E-state index contributed by atoms with van der Waals surface area (Å²) in [5, 5.41) is 10.8. The third kappa shape index (κ3) is 4.26. The van der Waals surface area contributed by atoms with Gasteiger partial charge in [0.2, 0.25) is 0 Å². The van der Waals surface area contributed by atoms with Crippen molar-refractivity contribution in [1.29, 1.82) is 5.41 Å². The van der Waals surface area contributed by atoms with Crippen molar-refractivity contribution < 1.29 is 9.53 Å². The van der Waals surface area contributed by atoms with Gasteiger partial charge in [-0.15, -0.1) is 0 Å². The summed E-state index contributed by atoms with van der Waals surface area (Å²) in [6.07, 6.45) is 3.33. The average molecular weight is 267 g/mol. The molecule has 0 radical (unpaired) electrons. The Labute approximate surface area is 115 Å². The van der Waals surface area contributed by atoms with Gasteiger partial charge in [0.15, 0.2) is 0 Å². The lowest BCUT2D eigenvalue weighted by Gasteiger charge is -2.29.